The fourth-order valence-electron chi connectivity index (χ4n) is 1.94. The van der Waals surface area contributed by atoms with E-state index in [0.717, 1.165) is 5.56 Å². The van der Waals surface area contributed by atoms with E-state index in [-0.39, 0.29) is 35.1 Å². The van der Waals surface area contributed by atoms with Gasteiger partial charge in [0.25, 0.3) is 0 Å². The van der Waals surface area contributed by atoms with Crippen LogP contribution in [0.15, 0.2) is 43.0 Å². The number of hydrogen-bond acceptors (Lipinski definition) is 3. The molecule has 0 aliphatic heterocycles. The van der Waals surface area contributed by atoms with E-state index < -0.39 is 0 Å². The largest absolute Gasteiger partial charge is 0.457 e. The fraction of sp³-hybridized carbons (Fsp3) is 0.357. The van der Waals surface area contributed by atoms with Crippen molar-refractivity contribution in [3.05, 3.63) is 48.6 Å². The summed E-state index contributed by atoms with van der Waals surface area (Å²) in [4.78, 5) is 13.3. The summed E-state index contributed by atoms with van der Waals surface area (Å²) in [6, 6.07) is 10.0. The van der Waals surface area contributed by atoms with Gasteiger partial charge in [-0.2, -0.15) is 0 Å². The number of carbonyl (C=O) groups excluding carboxylic acids is 1. The van der Waals surface area contributed by atoms with Crippen molar-refractivity contribution in [1.29, 1.82) is 0 Å². The number of carbonyl (C=O) groups is 1. The van der Waals surface area contributed by atoms with E-state index in [1.54, 1.807) is 0 Å². The third kappa shape index (κ3) is 4.63. The monoisotopic (exact) mass is 313 g/mol. The molecule has 100 valence electrons. The van der Waals surface area contributed by atoms with Crippen LogP contribution in [-0.4, -0.2) is 31.1 Å². The molecule has 0 aliphatic carbocycles. The average molecular weight is 314 g/mol. The molecule has 0 N–H and O–H groups in total. The van der Waals surface area contributed by atoms with Crippen molar-refractivity contribution in [2.45, 2.75) is 19.1 Å². The van der Waals surface area contributed by atoms with Crippen molar-refractivity contribution in [1.82, 2.24) is 4.90 Å². The molecule has 0 aromatic heterocycles. The molecule has 1 rings (SSSR count). The highest BCUT2D eigenvalue weighted by Gasteiger charge is 2.23. The van der Waals surface area contributed by atoms with Crippen molar-refractivity contribution < 1.29 is 9.53 Å². The molecular weight excluding hydrogens is 294 g/mol. The highest BCUT2D eigenvalue weighted by Crippen LogP contribution is 2.23. The second-order valence-corrected chi connectivity index (χ2v) is 4.17. The van der Waals surface area contributed by atoms with Crippen molar-refractivity contribution in [3.8, 4) is 0 Å². The Labute approximate surface area is 119 Å². The first-order chi connectivity index (χ1) is 8.06. The van der Waals surface area contributed by atoms with Crippen molar-refractivity contribution in [3.63, 3.8) is 0 Å². The van der Waals surface area contributed by atoms with Crippen LogP contribution in [0.25, 0.3) is 0 Å². The number of nitrogens with zero attached hydrogens (tertiary/aromatic N) is 1. The third-order valence-corrected chi connectivity index (χ3v) is 2.61. The minimum Gasteiger partial charge on any atom is -0.457 e. The predicted octanol–water partition coefficient (Wildman–Crippen LogP) is 2.98. The molecule has 1 aromatic rings. The molecule has 0 spiro atoms. The van der Waals surface area contributed by atoms with Crippen LogP contribution in [0.4, 0.5) is 0 Å². The highest BCUT2D eigenvalue weighted by atomic mass is 79.9. The molecule has 0 fully saturated rings. The number of hydrogen-bond donors (Lipinski definition) is 0. The zero-order valence-corrected chi connectivity index (χ0v) is 12.7. The van der Waals surface area contributed by atoms with E-state index in [2.05, 4.69) is 6.58 Å². The minimum atomic E-state index is -0.389. The summed E-state index contributed by atoms with van der Waals surface area (Å²) in [7, 11) is 3.94. The quantitative estimate of drug-likeness (QED) is 0.618. The van der Waals surface area contributed by atoms with Crippen molar-refractivity contribution in [2.24, 2.45) is 0 Å². The Bertz CT molecular complexity index is 379. The molecule has 0 aliphatic rings. The van der Waals surface area contributed by atoms with Gasteiger partial charge in [0.05, 0.1) is 6.04 Å². The van der Waals surface area contributed by atoms with Crippen LogP contribution in [0, 0.1) is 0 Å². The molecule has 0 bridgehead atoms. The number of halogens is 1. The Morgan fingerprint density at radius 1 is 1.33 bits per heavy atom. The first-order valence-corrected chi connectivity index (χ1v) is 5.60. The second kappa shape index (κ2) is 8.06. The van der Waals surface area contributed by atoms with Gasteiger partial charge in [-0.05, 0) is 26.6 Å². The molecule has 0 radical (unpaired) electrons. The topological polar surface area (TPSA) is 29.5 Å². The summed E-state index contributed by atoms with van der Waals surface area (Å²) < 4.78 is 5.28. The first kappa shape index (κ1) is 16.9. The molecule has 1 aromatic carbocycles. The Kier molecular flexibility index (Phi) is 7.55. The third-order valence-electron chi connectivity index (χ3n) is 2.61. The molecule has 0 saturated heterocycles. The summed E-state index contributed by atoms with van der Waals surface area (Å²) >= 11 is 0. The van der Waals surface area contributed by atoms with Crippen LogP contribution in [0.1, 0.15) is 18.5 Å². The average Bonchev–Trinajstić information content (AvgIpc) is 2.29. The SMILES string of the molecule is Br.C=CC(=O)OC(C)C(c1ccccc1)N(C)C. The van der Waals surface area contributed by atoms with Gasteiger partial charge in [0.2, 0.25) is 0 Å². The van der Waals surface area contributed by atoms with Gasteiger partial charge in [0.1, 0.15) is 6.10 Å². The summed E-state index contributed by atoms with van der Waals surface area (Å²) in [6.07, 6.45) is 0.965. The lowest BCUT2D eigenvalue weighted by Gasteiger charge is -2.29. The van der Waals surface area contributed by atoms with Crippen LogP contribution >= 0.6 is 17.0 Å². The van der Waals surface area contributed by atoms with Gasteiger partial charge in [0.15, 0.2) is 0 Å². The Balaban J connectivity index is 0.00000289. The van der Waals surface area contributed by atoms with Gasteiger partial charge >= 0.3 is 5.97 Å². The Morgan fingerprint density at radius 2 is 1.89 bits per heavy atom. The number of benzene rings is 1. The lowest BCUT2D eigenvalue weighted by Crippen LogP contribution is -2.32. The maximum absolute atomic E-state index is 11.2. The smallest absolute Gasteiger partial charge is 0.330 e. The Morgan fingerprint density at radius 3 is 2.33 bits per heavy atom. The maximum Gasteiger partial charge on any atom is 0.330 e. The van der Waals surface area contributed by atoms with Crippen LogP contribution in [-0.2, 0) is 9.53 Å². The molecular formula is C14H20BrNO2. The first-order valence-electron chi connectivity index (χ1n) is 5.60. The lowest BCUT2D eigenvalue weighted by molar-refractivity contribution is -0.145. The van der Waals surface area contributed by atoms with Crippen molar-refractivity contribution in [2.75, 3.05) is 14.1 Å². The van der Waals surface area contributed by atoms with E-state index in [4.69, 9.17) is 4.74 Å². The summed E-state index contributed by atoms with van der Waals surface area (Å²) in [5.41, 5.74) is 1.13. The molecule has 0 amide bonds. The van der Waals surface area contributed by atoms with E-state index in [9.17, 15) is 4.79 Å². The van der Waals surface area contributed by atoms with Crippen LogP contribution in [0.2, 0.25) is 0 Å². The van der Waals surface area contributed by atoms with E-state index in [1.165, 1.54) is 6.08 Å². The number of ether oxygens (including phenoxy) is 1. The van der Waals surface area contributed by atoms with Gasteiger partial charge in [-0.1, -0.05) is 36.9 Å². The van der Waals surface area contributed by atoms with Gasteiger partial charge in [-0.15, -0.1) is 17.0 Å². The van der Waals surface area contributed by atoms with Crippen LogP contribution < -0.4 is 0 Å². The molecule has 4 heteroatoms. The molecule has 0 saturated carbocycles. The number of likely N-dealkylation sites (N-methyl/N-ethyl adjacent to an activating group) is 1. The second-order valence-electron chi connectivity index (χ2n) is 4.17. The summed E-state index contributed by atoms with van der Waals surface area (Å²) in [5, 5.41) is 0. The van der Waals surface area contributed by atoms with Crippen LogP contribution in [0.5, 0.6) is 0 Å². The van der Waals surface area contributed by atoms with Crippen molar-refractivity contribution >= 4 is 23.0 Å². The normalized spacial score (nSPS) is 13.3. The molecule has 3 nitrogen and oxygen atoms in total. The Hall–Kier alpha value is -1.13. The number of esters is 1. The highest BCUT2D eigenvalue weighted by molar-refractivity contribution is 8.93. The van der Waals surface area contributed by atoms with E-state index >= 15 is 0 Å². The molecule has 2 atom stereocenters. The zero-order chi connectivity index (χ0) is 12.8. The van der Waals surface area contributed by atoms with E-state index in [0.29, 0.717) is 0 Å². The summed E-state index contributed by atoms with van der Waals surface area (Å²) in [6.45, 7) is 5.29. The molecule has 0 heterocycles. The minimum absolute atomic E-state index is 0. The predicted molar refractivity (Wildman–Crippen MR) is 78.9 cm³/mol. The van der Waals surface area contributed by atoms with Gasteiger partial charge in [0, 0.05) is 6.08 Å². The maximum atomic E-state index is 11.2. The standard InChI is InChI=1S/C14H19NO2.BrH/c1-5-13(16)17-11(2)14(15(3)4)12-9-7-6-8-10-12;/h5-11,14H,1H2,2-4H3;1H. The van der Waals surface area contributed by atoms with Crippen LogP contribution in [0.3, 0.4) is 0 Å². The zero-order valence-electron chi connectivity index (χ0n) is 11.0. The molecule has 18 heavy (non-hydrogen) atoms. The van der Waals surface area contributed by atoms with Gasteiger partial charge in [-0.3, -0.25) is 4.90 Å². The number of rotatable bonds is 5. The van der Waals surface area contributed by atoms with Gasteiger partial charge < -0.3 is 4.74 Å². The van der Waals surface area contributed by atoms with E-state index in [1.807, 2.05) is 56.3 Å². The lowest BCUT2D eigenvalue weighted by atomic mass is 10.0. The summed E-state index contributed by atoms with van der Waals surface area (Å²) in [5.74, 6) is -0.389. The fourth-order valence-corrected chi connectivity index (χ4v) is 1.94. The van der Waals surface area contributed by atoms with Gasteiger partial charge in [-0.25, -0.2) is 4.79 Å². The molecule has 2 unspecified atom stereocenters.